The van der Waals surface area contributed by atoms with Crippen molar-refractivity contribution in [2.45, 2.75) is 13.8 Å². The number of aliphatic imine (C=N–C) groups is 1. The van der Waals surface area contributed by atoms with Gasteiger partial charge in [0.1, 0.15) is 0 Å². The lowest BCUT2D eigenvalue weighted by Gasteiger charge is -2.23. The second-order valence-corrected chi connectivity index (χ2v) is 5.29. The van der Waals surface area contributed by atoms with E-state index in [-0.39, 0.29) is 12.4 Å². The number of amides is 1. The Kier molecular flexibility index (Phi) is 14.3. The second-order valence-electron chi connectivity index (χ2n) is 4.50. The van der Waals surface area contributed by atoms with Gasteiger partial charge in [0.05, 0.1) is 5.69 Å². The van der Waals surface area contributed by atoms with Gasteiger partial charge in [-0.2, -0.15) is 4.99 Å². The number of halogens is 1. The summed E-state index contributed by atoms with van der Waals surface area (Å²) in [6.07, 6.45) is 0. The number of thiol groups is 1. The Labute approximate surface area is 160 Å². The third-order valence-corrected chi connectivity index (χ3v) is 2.91. The number of rotatable bonds is 3. The van der Waals surface area contributed by atoms with Crippen molar-refractivity contribution >= 4 is 59.4 Å². The van der Waals surface area contributed by atoms with E-state index in [0.29, 0.717) is 11.2 Å². The fourth-order valence-corrected chi connectivity index (χ4v) is 1.78. The molecular formula is C15H25ClN4O2S2. The predicted octanol–water partition coefficient (Wildman–Crippen LogP) is 3.30. The van der Waals surface area contributed by atoms with Gasteiger partial charge in [-0.15, -0.1) is 12.4 Å². The van der Waals surface area contributed by atoms with Gasteiger partial charge in [0, 0.05) is 27.2 Å². The average Bonchev–Trinajstić information content (AvgIpc) is 2.48. The number of primary amides is 1. The van der Waals surface area contributed by atoms with Crippen molar-refractivity contribution in [3.05, 3.63) is 30.3 Å². The molecule has 1 aromatic carbocycles. The van der Waals surface area contributed by atoms with E-state index in [1.165, 1.54) is 0 Å². The van der Waals surface area contributed by atoms with Crippen LogP contribution in [0.3, 0.4) is 0 Å². The van der Waals surface area contributed by atoms with E-state index in [2.05, 4.69) is 23.4 Å². The van der Waals surface area contributed by atoms with Crippen LogP contribution in [0.15, 0.2) is 35.3 Å². The van der Waals surface area contributed by atoms with Crippen molar-refractivity contribution in [2.75, 3.05) is 27.2 Å². The van der Waals surface area contributed by atoms with Gasteiger partial charge >= 0.3 is 0 Å². The molecule has 0 fully saturated rings. The summed E-state index contributed by atoms with van der Waals surface area (Å²) in [6.45, 7) is 5.73. The highest BCUT2D eigenvalue weighted by Crippen LogP contribution is 2.11. The van der Waals surface area contributed by atoms with Crippen LogP contribution in [0.25, 0.3) is 0 Å². The normalized spacial score (nSPS) is 9.79. The molecule has 0 atom stereocenters. The third-order valence-electron chi connectivity index (χ3n) is 2.56. The van der Waals surface area contributed by atoms with Crippen molar-refractivity contribution in [1.82, 2.24) is 9.80 Å². The highest BCUT2D eigenvalue weighted by atomic mass is 35.5. The standard InChI is InChI=1S/C14H21N3OS.CH3NOS.ClH/c1-5-17(6-2)14(19)18-13(16(3)4)15-12-10-8-7-9-11-12;2-1(3)4;/h7-11H,5-6H2,1-4H3;(H3,2,3,4);1H. The van der Waals surface area contributed by atoms with Crippen molar-refractivity contribution in [1.29, 1.82) is 0 Å². The maximum absolute atomic E-state index is 9.09. The first-order valence-corrected chi connectivity index (χ1v) is 7.93. The number of hydrogen-bond acceptors (Lipinski definition) is 4. The quantitative estimate of drug-likeness (QED) is 0.357. The van der Waals surface area contributed by atoms with Gasteiger partial charge < -0.3 is 20.3 Å². The zero-order valence-corrected chi connectivity index (χ0v) is 16.8. The Morgan fingerprint density at radius 1 is 1.25 bits per heavy atom. The van der Waals surface area contributed by atoms with Crippen molar-refractivity contribution in [3.63, 3.8) is 0 Å². The average molecular weight is 393 g/mol. The van der Waals surface area contributed by atoms with Crippen molar-refractivity contribution in [3.8, 4) is 0 Å². The van der Waals surface area contributed by atoms with Gasteiger partial charge in [-0.05, 0) is 38.2 Å². The molecule has 1 aromatic rings. The lowest BCUT2D eigenvalue weighted by molar-refractivity contribution is 0.267. The Balaban J connectivity index is 0. The highest BCUT2D eigenvalue weighted by Gasteiger charge is 2.12. The van der Waals surface area contributed by atoms with E-state index >= 15 is 0 Å². The molecular weight excluding hydrogens is 368 g/mol. The fraction of sp³-hybridized carbons (Fsp3) is 0.400. The zero-order valence-electron chi connectivity index (χ0n) is 14.3. The number of thiocarbonyl (C=S) groups is 1. The van der Waals surface area contributed by atoms with Crippen LogP contribution >= 0.6 is 37.3 Å². The monoisotopic (exact) mass is 392 g/mol. The van der Waals surface area contributed by atoms with E-state index in [9.17, 15) is 0 Å². The molecule has 0 aliphatic rings. The molecule has 0 saturated carbocycles. The number of para-hydroxylation sites is 1. The van der Waals surface area contributed by atoms with Crippen LogP contribution in [0.4, 0.5) is 10.5 Å². The molecule has 2 N–H and O–H groups in total. The lowest BCUT2D eigenvalue weighted by Crippen LogP contribution is -2.36. The van der Waals surface area contributed by atoms with Crippen LogP contribution in [0.1, 0.15) is 13.8 Å². The first kappa shape index (κ1) is 24.7. The van der Waals surface area contributed by atoms with Gasteiger partial charge in [-0.3, -0.25) is 4.79 Å². The van der Waals surface area contributed by atoms with Crippen LogP contribution in [0.2, 0.25) is 0 Å². The van der Waals surface area contributed by atoms with E-state index in [1.54, 1.807) is 0 Å². The van der Waals surface area contributed by atoms with Crippen LogP contribution in [-0.4, -0.2) is 53.4 Å². The number of carbonyl (C=O) groups excluding carboxylic acids is 1. The molecule has 0 aliphatic heterocycles. The molecule has 9 heteroatoms. The van der Waals surface area contributed by atoms with Gasteiger partial charge in [-0.1, -0.05) is 30.8 Å². The largest absolute Gasteiger partial charge is 0.398 e. The summed E-state index contributed by atoms with van der Waals surface area (Å²) < 4.78 is 5.69. The summed E-state index contributed by atoms with van der Waals surface area (Å²) in [6, 6.07) is 10.2. The number of hydrogen-bond donors (Lipinski definition) is 2. The van der Waals surface area contributed by atoms with Gasteiger partial charge in [0.2, 0.25) is 0 Å². The molecule has 0 saturated heterocycles. The topological polar surface area (TPSA) is 71.2 Å². The third kappa shape index (κ3) is 11.1. The predicted molar refractivity (Wildman–Crippen MR) is 110 cm³/mol. The zero-order chi connectivity index (χ0) is 17.8. The van der Waals surface area contributed by atoms with Gasteiger partial charge in [-0.25, -0.2) is 0 Å². The maximum atomic E-state index is 9.09. The van der Waals surface area contributed by atoms with E-state index in [0.717, 1.165) is 18.8 Å². The Bertz CT molecular complexity index is 519. The van der Waals surface area contributed by atoms with Gasteiger partial charge in [0.15, 0.2) is 0 Å². The summed E-state index contributed by atoms with van der Waals surface area (Å²) in [5.74, 6) is 0. The molecule has 1 rings (SSSR count). The number of benzene rings is 1. The summed E-state index contributed by atoms with van der Waals surface area (Å²) in [7, 11) is 3.76. The highest BCUT2D eigenvalue weighted by molar-refractivity contribution is 7.96. The summed E-state index contributed by atoms with van der Waals surface area (Å²) in [5.41, 5.74) is 5.18. The number of nitrogens with two attached hydrogens (primary N) is 1. The Hall–Kier alpha value is -1.51. The number of carbonyl (C=O) groups is 1. The van der Waals surface area contributed by atoms with E-state index in [4.69, 9.17) is 21.7 Å². The smallest absolute Gasteiger partial charge is 0.299 e. The molecule has 0 aliphatic carbocycles. The minimum atomic E-state index is -0.639. The minimum absolute atomic E-state index is 0. The number of amidine groups is 1. The molecule has 136 valence electrons. The number of ether oxygens (including phenoxy) is 1. The van der Waals surface area contributed by atoms with Crippen LogP contribution in [0.5, 0.6) is 0 Å². The van der Waals surface area contributed by atoms with Crippen LogP contribution < -0.4 is 5.73 Å². The molecule has 0 radical (unpaired) electrons. The van der Waals surface area contributed by atoms with E-state index < -0.39 is 5.24 Å². The molecule has 0 bridgehead atoms. The Morgan fingerprint density at radius 3 is 2.08 bits per heavy atom. The summed E-state index contributed by atoms with van der Waals surface area (Å²) in [4.78, 5) is 17.3. The molecule has 0 spiro atoms. The SMILES string of the molecule is CCN(CC)C(=S)OC(=Nc1ccccc1)N(C)C.Cl.NC(=O)S. The fourth-order valence-electron chi connectivity index (χ4n) is 1.45. The van der Waals surface area contributed by atoms with Crippen molar-refractivity contribution in [2.24, 2.45) is 10.7 Å². The summed E-state index contributed by atoms with van der Waals surface area (Å²) >= 11 is 8.39. The lowest BCUT2D eigenvalue weighted by atomic mass is 10.3. The maximum Gasteiger partial charge on any atom is 0.299 e. The second kappa shape index (κ2) is 13.9. The molecule has 1 amide bonds. The molecule has 24 heavy (non-hydrogen) atoms. The number of nitrogens with zero attached hydrogens (tertiary/aromatic N) is 3. The summed E-state index contributed by atoms with van der Waals surface area (Å²) in [5, 5.41) is -0.187. The first-order chi connectivity index (χ1) is 10.8. The van der Waals surface area contributed by atoms with Gasteiger partial charge in [0.25, 0.3) is 16.4 Å². The van der Waals surface area contributed by atoms with Crippen LogP contribution in [-0.2, 0) is 4.74 Å². The molecule has 6 nitrogen and oxygen atoms in total. The molecule has 0 heterocycles. The molecule has 0 unspecified atom stereocenters. The van der Waals surface area contributed by atoms with E-state index in [1.807, 2.05) is 68.1 Å². The Morgan fingerprint density at radius 2 is 1.71 bits per heavy atom. The van der Waals surface area contributed by atoms with Crippen molar-refractivity contribution < 1.29 is 9.53 Å². The first-order valence-electron chi connectivity index (χ1n) is 7.07. The molecule has 0 aromatic heterocycles. The van der Waals surface area contributed by atoms with Crippen LogP contribution in [0, 0.1) is 0 Å². The minimum Gasteiger partial charge on any atom is -0.398 e.